The van der Waals surface area contributed by atoms with Crippen LogP contribution in [0.5, 0.6) is 0 Å². The molecule has 0 bridgehead atoms. The summed E-state index contributed by atoms with van der Waals surface area (Å²) < 4.78 is 69.2. The predicted molar refractivity (Wildman–Crippen MR) is 153 cm³/mol. The Morgan fingerprint density at radius 1 is 1.02 bits per heavy atom. The van der Waals surface area contributed by atoms with Crippen molar-refractivity contribution in [1.29, 1.82) is 0 Å². The number of aromatic nitrogens is 2. The maximum atomic E-state index is 14.2. The molecular formula is C29H32BrF3N4O3S. The molecule has 0 unspecified atom stereocenters. The third kappa shape index (κ3) is 5.58. The summed E-state index contributed by atoms with van der Waals surface area (Å²) in [5.74, 6) is 0.767. The summed E-state index contributed by atoms with van der Waals surface area (Å²) in [4.78, 5) is 17.0. The number of hydrogen-bond donors (Lipinski definition) is 0. The van der Waals surface area contributed by atoms with E-state index in [1.54, 1.807) is 29.2 Å². The zero-order valence-corrected chi connectivity index (χ0v) is 25.3. The minimum atomic E-state index is -4.56. The summed E-state index contributed by atoms with van der Waals surface area (Å²) in [5, 5.41) is 4.46. The van der Waals surface area contributed by atoms with Crippen molar-refractivity contribution in [1.82, 2.24) is 14.7 Å². The lowest BCUT2D eigenvalue weighted by molar-refractivity contribution is -0.137. The van der Waals surface area contributed by atoms with E-state index in [0.29, 0.717) is 50.9 Å². The fourth-order valence-electron chi connectivity index (χ4n) is 6.18. The molecular weight excluding hydrogens is 621 g/mol. The monoisotopic (exact) mass is 652 g/mol. The Hall–Kier alpha value is -2.70. The highest BCUT2D eigenvalue weighted by Gasteiger charge is 2.49. The molecule has 2 aliphatic rings. The first kappa shape index (κ1) is 29.8. The lowest BCUT2D eigenvalue weighted by atomic mass is 9.80. The smallest absolute Gasteiger partial charge is 0.295 e. The van der Waals surface area contributed by atoms with Crippen LogP contribution in [0.15, 0.2) is 64.0 Å². The molecule has 0 radical (unpaired) electrons. The van der Waals surface area contributed by atoms with Gasteiger partial charge in [-0.15, -0.1) is 0 Å². The van der Waals surface area contributed by atoms with E-state index in [1.165, 1.54) is 0 Å². The van der Waals surface area contributed by atoms with Crippen molar-refractivity contribution in [3.63, 3.8) is 0 Å². The molecule has 1 aliphatic carbocycles. The first-order valence-corrected chi connectivity index (χ1v) is 15.9. The second kappa shape index (κ2) is 11.2. The number of sulfone groups is 1. The number of aryl methyl sites for hydroxylation is 2. The van der Waals surface area contributed by atoms with Gasteiger partial charge in [0, 0.05) is 36.2 Å². The van der Waals surface area contributed by atoms with Crippen LogP contribution in [-0.4, -0.2) is 54.7 Å². The first-order chi connectivity index (χ1) is 19.4. The van der Waals surface area contributed by atoms with Crippen molar-refractivity contribution in [2.75, 3.05) is 24.5 Å². The maximum absolute atomic E-state index is 14.2. The highest BCUT2D eigenvalue weighted by molar-refractivity contribution is 9.10. The van der Waals surface area contributed by atoms with Gasteiger partial charge in [-0.05, 0) is 81.5 Å². The molecule has 0 N–H and O–H groups in total. The van der Waals surface area contributed by atoms with Crippen molar-refractivity contribution >= 4 is 37.5 Å². The van der Waals surface area contributed by atoms with E-state index in [0.717, 1.165) is 40.2 Å². The van der Waals surface area contributed by atoms with Crippen LogP contribution in [0.25, 0.3) is 0 Å². The van der Waals surface area contributed by atoms with Gasteiger partial charge in [0.05, 0.1) is 22.7 Å². The first-order valence-electron chi connectivity index (χ1n) is 13.6. The minimum Gasteiger partial charge on any atom is -0.295 e. The van der Waals surface area contributed by atoms with E-state index < -0.39 is 26.3 Å². The Bertz CT molecular complexity index is 1510. The van der Waals surface area contributed by atoms with E-state index in [9.17, 15) is 26.4 Å². The zero-order chi connectivity index (χ0) is 29.6. The standard InChI is InChI=1S/C29H32BrF3N4O3S/c1-3-37-26(18-20(2)34-37)36-17-16-35(19-27(36)38)24-12-14-28(15-13-24,21-4-8-23(30)9-5-21)41(39,40)25-10-6-22(7-11-25)29(31,32)33/h4-11,18,24H,3,12-17,19H2,1-2H3. The summed E-state index contributed by atoms with van der Waals surface area (Å²) in [6.07, 6.45) is -2.90. The van der Waals surface area contributed by atoms with Gasteiger partial charge < -0.3 is 0 Å². The molecule has 2 fully saturated rings. The SMILES string of the molecule is CCn1nc(C)cc1N1CCN(C2CCC(c3ccc(Br)cc3)(S(=O)(=O)c3ccc(C(F)(F)F)cc3)CC2)CC1=O. The number of alkyl halides is 3. The Labute approximate surface area is 246 Å². The average Bonchev–Trinajstić information content (AvgIpc) is 3.33. The van der Waals surface area contributed by atoms with Crippen LogP contribution in [-0.2, 0) is 32.1 Å². The van der Waals surface area contributed by atoms with Crippen LogP contribution in [0.1, 0.15) is 49.4 Å². The van der Waals surface area contributed by atoms with Gasteiger partial charge >= 0.3 is 6.18 Å². The number of carbonyl (C=O) groups is 1. The van der Waals surface area contributed by atoms with Gasteiger partial charge in [-0.3, -0.25) is 14.6 Å². The second-order valence-electron chi connectivity index (χ2n) is 10.7. The molecule has 0 atom stereocenters. The molecule has 7 nitrogen and oxygen atoms in total. The minimum absolute atomic E-state index is 0.0188. The third-order valence-corrected chi connectivity index (χ3v) is 11.5. The van der Waals surface area contributed by atoms with Gasteiger partial charge in [0.25, 0.3) is 0 Å². The largest absolute Gasteiger partial charge is 0.416 e. The number of rotatable bonds is 6. The van der Waals surface area contributed by atoms with Gasteiger partial charge in [-0.2, -0.15) is 18.3 Å². The van der Waals surface area contributed by atoms with Crippen molar-refractivity contribution in [3.8, 4) is 0 Å². The zero-order valence-electron chi connectivity index (χ0n) is 22.9. The second-order valence-corrected chi connectivity index (χ2v) is 13.9. The van der Waals surface area contributed by atoms with E-state index in [2.05, 4.69) is 25.9 Å². The summed E-state index contributed by atoms with van der Waals surface area (Å²) in [5.41, 5.74) is 0.574. The molecule has 1 aromatic heterocycles. The third-order valence-electron chi connectivity index (χ3n) is 8.36. The number of halogens is 4. The number of anilines is 1. The Kier molecular flexibility index (Phi) is 8.12. The molecule has 220 valence electrons. The highest BCUT2D eigenvalue weighted by Crippen LogP contribution is 2.48. The normalized spacial score (nSPS) is 22.7. The number of hydrogen-bond acceptors (Lipinski definition) is 5. The van der Waals surface area contributed by atoms with Crippen molar-refractivity contribution in [2.24, 2.45) is 0 Å². The molecule has 1 aliphatic heterocycles. The fourth-order valence-corrected chi connectivity index (χ4v) is 8.61. The van der Waals surface area contributed by atoms with Crippen LogP contribution in [0.4, 0.5) is 19.0 Å². The van der Waals surface area contributed by atoms with E-state index in [1.807, 2.05) is 24.6 Å². The molecule has 12 heteroatoms. The van der Waals surface area contributed by atoms with Gasteiger partial charge in [-0.1, -0.05) is 28.1 Å². The summed E-state index contributed by atoms with van der Waals surface area (Å²) in [6, 6.07) is 12.8. The Morgan fingerprint density at radius 3 is 2.22 bits per heavy atom. The predicted octanol–water partition coefficient (Wildman–Crippen LogP) is 5.95. The Balaban J connectivity index is 1.38. The van der Waals surface area contributed by atoms with Gasteiger partial charge in [0.2, 0.25) is 5.91 Å². The van der Waals surface area contributed by atoms with Crippen molar-refractivity contribution in [2.45, 2.75) is 67.9 Å². The molecule has 41 heavy (non-hydrogen) atoms. The van der Waals surface area contributed by atoms with Crippen molar-refractivity contribution < 1.29 is 26.4 Å². The summed E-state index contributed by atoms with van der Waals surface area (Å²) >= 11 is 3.40. The van der Waals surface area contributed by atoms with Crippen LogP contribution in [0, 0.1) is 6.92 Å². The number of benzene rings is 2. The number of nitrogens with zero attached hydrogens (tertiary/aromatic N) is 4. The van der Waals surface area contributed by atoms with Crippen LogP contribution >= 0.6 is 15.9 Å². The molecule has 5 rings (SSSR count). The van der Waals surface area contributed by atoms with Gasteiger partial charge in [0.15, 0.2) is 9.84 Å². The van der Waals surface area contributed by atoms with Crippen molar-refractivity contribution in [3.05, 3.63) is 75.9 Å². The van der Waals surface area contributed by atoms with E-state index in [4.69, 9.17) is 0 Å². The molecule has 1 amide bonds. The van der Waals surface area contributed by atoms with E-state index in [-0.39, 0.29) is 23.4 Å². The summed E-state index contributed by atoms with van der Waals surface area (Å²) in [6.45, 7) is 5.94. The van der Waals surface area contributed by atoms with Crippen LogP contribution in [0.2, 0.25) is 0 Å². The number of carbonyl (C=O) groups excluding carboxylic acids is 1. The lowest BCUT2D eigenvalue weighted by Crippen LogP contribution is -2.55. The van der Waals surface area contributed by atoms with E-state index >= 15 is 0 Å². The molecule has 0 spiro atoms. The molecule has 2 heterocycles. The maximum Gasteiger partial charge on any atom is 0.416 e. The molecule has 1 saturated heterocycles. The average molecular weight is 654 g/mol. The molecule has 3 aromatic rings. The molecule has 1 saturated carbocycles. The molecule has 2 aromatic carbocycles. The highest BCUT2D eigenvalue weighted by atomic mass is 79.9. The van der Waals surface area contributed by atoms with Crippen LogP contribution in [0.3, 0.4) is 0 Å². The van der Waals surface area contributed by atoms with Crippen LogP contribution < -0.4 is 4.90 Å². The lowest BCUT2D eigenvalue weighted by Gasteiger charge is -2.45. The quantitative estimate of drug-likeness (QED) is 0.329. The topological polar surface area (TPSA) is 75.5 Å². The number of piperazine rings is 1. The fraction of sp³-hybridized carbons (Fsp3) is 0.448. The number of amides is 1. The summed E-state index contributed by atoms with van der Waals surface area (Å²) in [7, 11) is -4.05. The Morgan fingerprint density at radius 2 is 1.66 bits per heavy atom. The van der Waals surface area contributed by atoms with Gasteiger partial charge in [-0.25, -0.2) is 13.1 Å². The van der Waals surface area contributed by atoms with Gasteiger partial charge in [0.1, 0.15) is 10.6 Å².